The minimum Gasteiger partial charge on any atom is -0.465 e. The van der Waals surface area contributed by atoms with Gasteiger partial charge in [-0.3, -0.25) is 9.59 Å². The number of carbonyl (C=O) groups is 3. The third-order valence-electron chi connectivity index (χ3n) is 4.94. The number of nitrogens with one attached hydrogen (secondary N) is 2. The molecule has 1 heterocycles. The number of hydrogen-bond donors (Lipinski definition) is 2. The van der Waals surface area contributed by atoms with E-state index >= 15 is 0 Å². The molecular formula is C24H24N2O4S. The Kier molecular flexibility index (Phi) is 6.56. The molecule has 0 saturated carbocycles. The van der Waals surface area contributed by atoms with Crippen LogP contribution in [0.25, 0.3) is 11.1 Å². The number of benzene rings is 2. The van der Waals surface area contributed by atoms with E-state index in [0.29, 0.717) is 21.8 Å². The van der Waals surface area contributed by atoms with Crippen LogP contribution in [0.15, 0.2) is 42.5 Å². The zero-order chi connectivity index (χ0) is 22.7. The van der Waals surface area contributed by atoms with E-state index < -0.39 is 5.97 Å². The number of carbonyl (C=O) groups excluding carboxylic acids is 3. The van der Waals surface area contributed by atoms with Crippen molar-refractivity contribution in [3.8, 4) is 11.1 Å². The summed E-state index contributed by atoms with van der Waals surface area (Å²) >= 11 is 1.32. The second kappa shape index (κ2) is 9.14. The molecule has 0 radical (unpaired) electrons. The predicted octanol–water partition coefficient (Wildman–Crippen LogP) is 5.34. The van der Waals surface area contributed by atoms with Crippen LogP contribution in [0.4, 0.5) is 10.7 Å². The van der Waals surface area contributed by atoms with Crippen LogP contribution in [0.5, 0.6) is 0 Å². The molecule has 0 bridgehead atoms. The minimum atomic E-state index is -0.514. The van der Waals surface area contributed by atoms with Gasteiger partial charge in [-0.25, -0.2) is 4.79 Å². The molecule has 0 unspecified atom stereocenters. The van der Waals surface area contributed by atoms with Crippen LogP contribution >= 0.6 is 11.3 Å². The van der Waals surface area contributed by atoms with E-state index in [-0.39, 0.29) is 11.8 Å². The number of anilines is 2. The molecule has 7 heteroatoms. The van der Waals surface area contributed by atoms with Crippen molar-refractivity contribution >= 4 is 39.8 Å². The molecule has 3 rings (SSSR count). The van der Waals surface area contributed by atoms with Crippen molar-refractivity contribution in [3.05, 3.63) is 69.6 Å². The first-order valence-corrected chi connectivity index (χ1v) is 10.5. The van der Waals surface area contributed by atoms with Gasteiger partial charge in [0.15, 0.2) is 0 Å². The molecule has 0 aliphatic rings. The first-order valence-electron chi connectivity index (χ1n) is 9.69. The minimum absolute atomic E-state index is 0.225. The van der Waals surface area contributed by atoms with E-state index in [2.05, 4.69) is 10.6 Å². The third-order valence-corrected chi connectivity index (χ3v) is 5.96. The maximum absolute atomic E-state index is 12.9. The van der Waals surface area contributed by atoms with Crippen molar-refractivity contribution in [2.24, 2.45) is 0 Å². The van der Waals surface area contributed by atoms with Gasteiger partial charge in [0.25, 0.3) is 5.91 Å². The van der Waals surface area contributed by atoms with Gasteiger partial charge >= 0.3 is 5.97 Å². The molecule has 0 aliphatic carbocycles. The largest absolute Gasteiger partial charge is 0.465 e. The van der Waals surface area contributed by atoms with Gasteiger partial charge in [0.1, 0.15) is 10.6 Å². The molecule has 2 N–H and O–H groups in total. The average Bonchev–Trinajstić information content (AvgIpc) is 3.04. The summed E-state index contributed by atoms with van der Waals surface area (Å²) in [4.78, 5) is 37.8. The number of ether oxygens (including phenoxy) is 1. The van der Waals surface area contributed by atoms with Crippen molar-refractivity contribution < 1.29 is 19.1 Å². The van der Waals surface area contributed by atoms with Crippen LogP contribution in [0.2, 0.25) is 0 Å². The van der Waals surface area contributed by atoms with Crippen molar-refractivity contribution in [1.82, 2.24) is 0 Å². The number of hydrogen-bond acceptors (Lipinski definition) is 5. The molecule has 6 nitrogen and oxygen atoms in total. The highest BCUT2D eigenvalue weighted by Crippen LogP contribution is 2.41. The Balaban J connectivity index is 2.02. The van der Waals surface area contributed by atoms with E-state index in [4.69, 9.17) is 4.74 Å². The quantitative estimate of drug-likeness (QED) is 0.529. The fourth-order valence-corrected chi connectivity index (χ4v) is 4.35. The average molecular weight is 437 g/mol. The Morgan fingerprint density at radius 3 is 2.32 bits per heavy atom. The standard InChI is InChI=1S/C24H24N2O4S/c1-13-9-10-17(11-14(13)2)20-15(3)31-23(21(20)24(29)30-5)26-22(28)18-7-6-8-19(12-18)25-16(4)27/h6-12H,1-5H3,(H,25,27)(H,26,28). The Morgan fingerprint density at radius 1 is 0.935 bits per heavy atom. The van der Waals surface area contributed by atoms with Gasteiger partial charge in [0.2, 0.25) is 5.91 Å². The fraction of sp³-hybridized carbons (Fsp3) is 0.208. The van der Waals surface area contributed by atoms with Crippen LogP contribution in [0.1, 0.15) is 43.6 Å². The van der Waals surface area contributed by atoms with E-state index in [9.17, 15) is 14.4 Å². The molecule has 2 aromatic carbocycles. The summed E-state index contributed by atoms with van der Waals surface area (Å²) in [6.45, 7) is 7.36. The van der Waals surface area contributed by atoms with E-state index in [1.165, 1.54) is 25.4 Å². The molecule has 3 aromatic rings. The lowest BCUT2D eigenvalue weighted by molar-refractivity contribution is -0.114. The molecule has 2 amide bonds. The van der Waals surface area contributed by atoms with Crippen LogP contribution in [-0.4, -0.2) is 24.9 Å². The summed E-state index contributed by atoms with van der Waals surface area (Å²) in [5.74, 6) is -1.12. The van der Waals surface area contributed by atoms with E-state index in [1.807, 2.05) is 39.0 Å². The lowest BCUT2D eigenvalue weighted by atomic mass is 9.97. The predicted molar refractivity (Wildman–Crippen MR) is 124 cm³/mol. The highest BCUT2D eigenvalue weighted by Gasteiger charge is 2.25. The summed E-state index contributed by atoms with van der Waals surface area (Å²) in [7, 11) is 1.32. The topological polar surface area (TPSA) is 84.5 Å². The van der Waals surface area contributed by atoms with Gasteiger partial charge in [-0.1, -0.05) is 24.3 Å². The first kappa shape index (κ1) is 22.2. The molecule has 0 saturated heterocycles. The van der Waals surface area contributed by atoms with Crippen molar-refractivity contribution in [3.63, 3.8) is 0 Å². The van der Waals surface area contributed by atoms with Crippen molar-refractivity contribution in [2.75, 3.05) is 17.7 Å². The van der Waals surface area contributed by atoms with Gasteiger partial charge in [-0.05, 0) is 55.7 Å². The molecule has 0 atom stereocenters. The Labute approximate surface area is 185 Å². The first-order chi connectivity index (χ1) is 14.7. The molecule has 0 fully saturated rings. The summed E-state index contributed by atoms with van der Waals surface area (Å²) in [5, 5.41) is 5.93. The Morgan fingerprint density at radius 2 is 1.68 bits per heavy atom. The molecule has 0 aliphatic heterocycles. The summed E-state index contributed by atoms with van der Waals surface area (Å²) < 4.78 is 5.03. The van der Waals surface area contributed by atoms with Crippen molar-refractivity contribution in [2.45, 2.75) is 27.7 Å². The fourth-order valence-electron chi connectivity index (χ4n) is 3.29. The van der Waals surface area contributed by atoms with E-state index in [1.54, 1.807) is 24.3 Å². The molecular weight excluding hydrogens is 412 g/mol. The van der Waals surface area contributed by atoms with Gasteiger partial charge in [0, 0.05) is 28.6 Å². The summed E-state index contributed by atoms with van der Waals surface area (Å²) in [6.07, 6.45) is 0. The number of esters is 1. The number of methoxy groups -OCH3 is 1. The van der Waals surface area contributed by atoms with Gasteiger partial charge in [0.05, 0.1) is 7.11 Å². The maximum atomic E-state index is 12.9. The normalized spacial score (nSPS) is 10.5. The SMILES string of the molecule is COC(=O)c1c(NC(=O)c2cccc(NC(C)=O)c2)sc(C)c1-c1ccc(C)c(C)c1. The third kappa shape index (κ3) is 4.83. The number of aryl methyl sites for hydroxylation is 3. The Hall–Kier alpha value is -3.45. The molecule has 160 valence electrons. The summed E-state index contributed by atoms with van der Waals surface area (Å²) in [6, 6.07) is 12.6. The molecule has 1 aromatic heterocycles. The van der Waals surface area contributed by atoms with Crippen LogP contribution in [0.3, 0.4) is 0 Å². The zero-order valence-corrected chi connectivity index (χ0v) is 18.9. The van der Waals surface area contributed by atoms with Crippen LogP contribution in [0, 0.1) is 20.8 Å². The van der Waals surface area contributed by atoms with Gasteiger partial charge < -0.3 is 15.4 Å². The molecule has 31 heavy (non-hydrogen) atoms. The maximum Gasteiger partial charge on any atom is 0.341 e. The second-order valence-corrected chi connectivity index (χ2v) is 8.47. The molecule has 0 spiro atoms. The Bertz CT molecular complexity index is 1180. The number of amides is 2. The van der Waals surface area contributed by atoms with Crippen LogP contribution in [-0.2, 0) is 9.53 Å². The number of thiophene rings is 1. The smallest absolute Gasteiger partial charge is 0.341 e. The van der Waals surface area contributed by atoms with E-state index in [0.717, 1.165) is 27.1 Å². The lowest BCUT2D eigenvalue weighted by Crippen LogP contribution is -2.15. The van der Waals surface area contributed by atoms with Crippen molar-refractivity contribution in [1.29, 1.82) is 0 Å². The summed E-state index contributed by atoms with van der Waals surface area (Å²) in [5.41, 5.74) is 5.13. The zero-order valence-electron chi connectivity index (χ0n) is 18.1. The van der Waals surface area contributed by atoms with Crippen LogP contribution < -0.4 is 10.6 Å². The second-order valence-electron chi connectivity index (χ2n) is 7.24. The van der Waals surface area contributed by atoms with Gasteiger partial charge in [-0.15, -0.1) is 11.3 Å². The monoisotopic (exact) mass is 436 g/mol. The lowest BCUT2D eigenvalue weighted by Gasteiger charge is -2.10. The number of rotatable bonds is 5. The van der Waals surface area contributed by atoms with Gasteiger partial charge in [-0.2, -0.15) is 0 Å². The highest BCUT2D eigenvalue weighted by molar-refractivity contribution is 7.17. The highest BCUT2D eigenvalue weighted by atomic mass is 32.1.